The molecule has 0 aliphatic rings. The Kier molecular flexibility index (Phi) is 3.01. The second-order valence-corrected chi connectivity index (χ2v) is 4.09. The highest BCUT2D eigenvalue weighted by Gasteiger charge is 2.11. The number of rotatable bonds is 3. The second kappa shape index (κ2) is 4.45. The van der Waals surface area contributed by atoms with E-state index >= 15 is 0 Å². The predicted octanol–water partition coefficient (Wildman–Crippen LogP) is 2.90. The van der Waals surface area contributed by atoms with Crippen LogP contribution in [0.15, 0.2) is 47.5 Å². The van der Waals surface area contributed by atoms with E-state index in [-0.39, 0.29) is 5.69 Å². The molecule has 2 aromatic rings. The highest BCUT2D eigenvalue weighted by molar-refractivity contribution is 7.98. The molecule has 0 unspecified atom stereocenters. The van der Waals surface area contributed by atoms with Crippen LogP contribution >= 0.6 is 11.8 Å². The molecule has 0 aliphatic heterocycles. The van der Waals surface area contributed by atoms with Crippen molar-refractivity contribution in [1.82, 2.24) is 4.57 Å². The van der Waals surface area contributed by atoms with Gasteiger partial charge in [-0.3, -0.25) is 0 Å². The van der Waals surface area contributed by atoms with Crippen LogP contribution in [0.1, 0.15) is 10.5 Å². The first-order valence-corrected chi connectivity index (χ1v) is 6.00. The smallest absolute Gasteiger partial charge is 0.352 e. The average molecular weight is 233 g/mol. The van der Waals surface area contributed by atoms with Gasteiger partial charge in [-0.1, -0.05) is 12.1 Å². The summed E-state index contributed by atoms with van der Waals surface area (Å²) in [7, 11) is 0. The van der Waals surface area contributed by atoms with E-state index in [0.29, 0.717) is 0 Å². The lowest BCUT2D eigenvalue weighted by molar-refractivity contribution is 0.0688. The number of carboxylic acid groups (broad SMARTS) is 1. The largest absolute Gasteiger partial charge is 0.477 e. The topological polar surface area (TPSA) is 42.2 Å². The lowest BCUT2D eigenvalue weighted by atomic mass is 10.3. The molecule has 1 aromatic heterocycles. The minimum absolute atomic E-state index is 0.279. The second-order valence-electron chi connectivity index (χ2n) is 3.24. The van der Waals surface area contributed by atoms with Gasteiger partial charge in [0.1, 0.15) is 5.69 Å². The number of carbonyl (C=O) groups is 1. The van der Waals surface area contributed by atoms with Gasteiger partial charge in [0.25, 0.3) is 0 Å². The zero-order chi connectivity index (χ0) is 11.5. The van der Waals surface area contributed by atoms with Gasteiger partial charge in [-0.2, -0.15) is 0 Å². The van der Waals surface area contributed by atoms with E-state index in [1.54, 1.807) is 34.7 Å². The van der Waals surface area contributed by atoms with Gasteiger partial charge in [-0.25, -0.2) is 4.79 Å². The third-order valence-corrected chi connectivity index (χ3v) is 3.10. The molecule has 3 nitrogen and oxygen atoms in total. The number of aromatic nitrogens is 1. The first-order chi connectivity index (χ1) is 7.74. The summed E-state index contributed by atoms with van der Waals surface area (Å²) >= 11 is 1.60. The first kappa shape index (κ1) is 10.8. The molecule has 0 atom stereocenters. The van der Waals surface area contributed by atoms with Crippen molar-refractivity contribution in [2.45, 2.75) is 4.90 Å². The molecule has 1 N–H and O–H groups in total. The van der Waals surface area contributed by atoms with E-state index in [4.69, 9.17) is 5.11 Å². The maximum atomic E-state index is 11.0. The normalized spacial score (nSPS) is 10.3. The quantitative estimate of drug-likeness (QED) is 0.829. The molecule has 82 valence electrons. The van der Waals surface area contributed by atoms with Crippen LogP contribution in [0.5, 0.6) is 0 Å². The Morgan fingerprint density at radius 1 is 1.25 bits per heavy atom. The Balaban J connectivity index is 2.58. The maximum Gasteiger partial charge on any atom is 0.352 e. The number of thioether (sulfide) groups is 1. The highest BCUT2D eigenvalue weighted by Crippen LogP contribution is 2.25. The summed E-state index contributed by atoms with van der Waals surface area (Å²) in [5.74, 6) is -0.916. The Morgan fingerprint density at radius 2 is 2.00 bits per heavy atom. The Bertz CT molecular complexity index is 519. The molecule has 0 spiro atoms. The minimum atomic E-state index is -0.916. The molecule has 1 heterocycles. The monoisotopic (exact) mass is 233 g/mol. The number of benzene rings is 1. The average Bonchev–Trinajstić information content (AvgIpc) is 2.77. The fourth-order valence-corrected chi connectivity index (χ4v) is 2.18. The van der Waals surface area contributed by atoms with Crippen molar-refractivity contribution < 1.29 is 9.90 Å². The van der Waals surface area contributed by atoms with Crippen LogP contribution in [-0.2, 0) is 0 Å². The van der Waals surface area contributed by atoms with E-state index < -0.39 is 5.97 Å². The van der Waals surface area contributed by atoms with Crippen molar-refractivity contribution >= 4 is 17.7 Å². The molecule has 0 saturated heterocycles. The first-order valence-electron chi connectivity index (χ1n) is 4.78. The van der Waals surface area contributed by atoms with Crippen LogP contribution in [0, 0.1) is 0 Å². The number of hydrogen-bond donors (Lipinski definition) is 1. The summed E-state index contributed by atoms with van der Waals surface area (Å²) in [6.07, 6.45) is 3.74. The van der Waals surface area contributed by atoms with Crippen molar-refractivity contribution in [3.05, 3.63) is 48.3 Å². The Labute approximate surface area is 97.7 Å². The number of para-hydroxylation sites is 1. The van der Waals surface area contributed by atoms with Crippen LogP contribution in [0.3, 0.4) is 0 Å². The molecule has 2 rings (SSSR count). The third kappa shape index (κ3) is 1.84. The molecule has 0 saturated carbocycles. The molecule has 1 aromatic carbocycles. The van der Waals surface area contributed by atoms with E-state index in [0.717, 1.165) is 10.6 Å². The van der Waals surface area contributed by atoms with Gasteiger partial charge in [0.2, 0.25) is 0 Å². The molecule has 0 radical (unpaired) electrons. The van der Waals surface area contributed by atoms with Crippen LogP contribution in [0.25, 0.3) is 5.69 Å². The molecule has 16 heavy (non-hydrogen) atoms. The van der Waals surface area contributed by atoms with E-state index in [1.807, 2.05) is 30.5 Å². The van der Waals surface area contributed by atoms with Gasteiger partial charge in [-0.05, 0) is 30.5 Å². The highest BCUT2D eigenvalue weighted by atomic mass is 32.2. The number of hydrogen-bond acceptors (Lipinski definition) is 2. The molecule has 0 aliphatic carbocycles. The van der Waals surface area contributed by atoms with Gasteiger partial charge in [-0.15, -0.1) is 11.8 Å². The maximum absolute atomic E-state index is 11.0. The fraction of sp³-hybridized carbons (Fsp3) is 0.0833. The van der Waals surface area contributed by atoms with Crippen LogP contribution in [-0.4, -0.2) is 21.9 Å². The molecule has 4 heteroatoms. The van der Waals surface area contributed by atoms with Crippen LogP contribution in [0.4, 0.5) is 0 Å². The number of aromatic carboxylic acids is 1. The summed E-state index contributed by atoms with van der Waals surface area (Å²) < 4.78 is 1.69. The molecule has 0 amide bonds. The lowest BCUT2D eigenvalue weighted by Gasteiger charge is -2.10. The summed E-state index contributed by atoms with van der Waals surface area (Å²) in [6.45, 7) is 0. The van der Waals surface area contributed by atoms with Gasteiger partial charge >= 0.3 is 5.97 Å². The van der Waals surface area contributed by atoms with E-state index in [1.165, 1.54) is 0 Å². The SMILES string of the molecule is CSc1ccccc1-n1cccc1C(=O)O. The van der Waals surface area contributed by atoms with Crippen molar-refractivity contribution in [3.8, 4) is 5.69 Å². The molecule has 0 bridgehead atoms. The Morgan fingerprint density at radius 3 is 2.69 bits per heavy atom. The van der Waals surface area contributed by atoms with E-state index in [2.05, 4.69) is 0 Å². The molecule has 0 fully saturated rings. The zero-order valence-electron chi connectivity index (χ0n) is 8.75. The summed E-state index contributed by atoms with van der Waals surface area (Å²) in [5.41, 5.74) is 1.18. The Hall–Kier alpha value is -1.68. The standard InChI is InChI=1S/C12H11NO2S/c1-16-11-7-3-2-5-9(11)13-8-4-6-10(13)12(14)15/h2-8H,1H3,(H,14,15). The van der Waals surface area contributed by atoms with Gasteiger partial charge in [0.05, 0.1) is 5.69 Å². The van der Waals surface area contributed by atoms with Crippen molar-refractivity contribution in [2.24, 2.45) is 0 Å². The number of carboxylic acids is 1. The summed E-state index contributed by atoms with van der Waals surface area (Å²) in [4.78, 5) is 12.1. The van der Waals surface area contributed by atoms with Gasteiger partial charge in [0.15, 0.2) is 0 Å². The molecular weight excluding hydrogens is 222 g/mol. The summed E-state index contributed by atoms with van der Waals surface area (Å²) in [6, 6.07) is 11.1. The van der Waals surface area contributed by atoms with Gasteiger partial charge in [0, 0.05) is 11.1 Å². The zero-order valence-corrected chi connectivity index (χ0v) is 9.57. The number of nitrogens with zero attached hydrogens (tertiary/aromatic N) is 1. The predicted molar refractivity (Wildman–Crippen MR) is 64.5 cm³/mol. The van der Waals surface area contributed by atoms with Crippen LogP contribution < -0.4 is 0 Å². The van der Waals surface area contributed by atoms with Crippen molar-refractivity contribution in [2.75, 3.05) is 6.26 Å². The van der Waals surface area contributed by atoms with Crippen molar-refractivity contribution in [1.29, 1.82) is 0 Å². The molecular formula is C12H11NO2S. The van der Waals surface area contributed by atoms with Gasteiger partial charge < -0.3 is 9.67 Å². The fourth-order valence-electron chi connectivity index (χ4n) is 1.59. The lowest BCUT2D eigenvalue weighted by Crippen LogP contribution is -2.06. The summed E-state index contributed by atoms with van der Waals surface area (Å²) in [5, 5.41) is 9.05. The third-order valence-electron chi connectivity index (χ3n) is 2.31. The van der Waals surface area contributed by atoms with Crippen LogP contribution in [0.2, 0.25) is 0 Å². The van der Waals surface area contributed by atoms with E-state index in [9.17, 15) is 4.79 Å². The van der Waals surface area contributed by atoms with Crippen molar-refractivity contribution in [3.63, 3.8) is 0 Å². The minimum Gasteiger partial charge on any atom is -0.477 e.